The van der Waals surface area contributed by atoms with Crippen LogP contribution in [0.1, 0.15) is 25.3 Å². The van der Waals surface area contributed by atoms with Crippen molar-refractivity contribution in [3.63, 3.8) is 0 Å². The van der Waals surface area contributed by atoms with Gasteiger partial charge in [0.1, 0.15) is 11.6 Å². The number of hydrogen-bond acceptors (Lipinski definition) is 3. The third-order valence-electron chi connectivity index (χ3n) is 2.21. The molecule has 0 aliphatic rings. The number of halogens is 4. The van der Waals surface area contributed by atoms with Crippen LogP contribution in [0.2, 0.25) is 0 Å². The molecular formula is C11H12F4O3S. The van der Waals surface area contributed by atoms with E-state index in [1.165, 1.54) is 0 Å². The van der Waals surface area contributed by atoms with Crippen molar-refractivity contribution in [1.82, 2.24) is 0 Å². The minimum Gasteiger partial charge on any atom is -0.382 e. The molecule has 0 spiro atoms. The number of hydrogen-bond donors (Lipinski definition) is 0. The summed E-state index contributed by atoms with van der Waals surface area (Å²) in [6, 6.07) is 1.69. The SMILES string of the molecule is CCCCS(=O)(=O)Oc1ccc(F)c(C(F)(F)F)c1. The van der Waals surface area contributed by atoms with E-state index in [0.717, 1.165) is 6.07 Å². The summed E-state index contributed by atoms with van der Waals surface area (Å²) >= 11 is 0. The van der Waals surface area contributed by atoms with Crippen LogP contribution in [0.4, 0.5) is 17.6 Å². The van der Waals surface area contributed by atoms with E-state index >= 15 is 0 Å². The van der Waals surface area contributed by atoms with Gasteiger partial charge < -0.3 is 4.18 Å². The predicted molar refractivity (Wildman–Crippen MR) is 60.7 cm³/mol. The zero-order valence-corrected chi connectivity index (χ0v) is 10.8. The molecule has 1 aromatic rings. The van der Waals surface area contributed by atoms with Crippen molar-refractivity contribution in [2.45, 2.75) is 25.9 Å². The predicted octanol–water partition coefficient (Wildman–Crippen LogP) is 3.35. The summed E-state index contributed by atoms with van der Waals surface area (Å²) in [5.74, 6) is -2.34. The molecule has 0 heterocycles. The van der Waals surface area contributed by atoms with E-state index in [2.05, 4.69) is 4.18 Å². The molecule has 0 unspecified atom stereocenters. The van der Waals surface area contributed by atoms with Crippen LogP contribution in [0.25, 0.3) is 0 Å². The van der Waals surface area contributed by atoms with E-state index in [9.17, 15) is 26.0 Å². The Labute approximate surface area is 108 Å². The number of alkyl halides is 3. The largest absolute Gasteiger partial charge is 0.419 e. The lowest BCUT2D eigenvalue weighted by Crippen LogP contribution is -2.15. The summed E-state index contributed by atoms with van der Waals surface area (Å²) in [5.41, 5.74) is -1.56. The highest BCUT2D eigenvalue weighted by Crippen LogP contribution is 2.33. The van der Waals surface area contributed by atoms with Gasteiger partial charge in [-0.25, -0.2) is 4.39 Å². The van der Waals surface area contributed by atoms with Crippen LogP contribution in [-0.4, -0.2) is 14.2 Å². The van der Waals surface area contributed by atoms with Gasteiger partial charge in [-0.3, -0.25) is 0 Å². The number of benzene rings is 1. The van der Waals surface area contributed by atoms with Gasteiger partial charge in [0.15, 0.2) is 0 Å². The summed E-state index contributed by atoms with van der Waals surface area (Å²) in [6.45, 7) is 1.76. The van der Waals surface area contributed by atoms with Gasteiger partial charge in [0.2, 0.25) is 0 Å². The van der Waals surface area contributed by atoms with Gasteiger partial charge in [0.25, 0.3) is 0 Å². The molecule has 1 rings (SSSR count). The van der Waals surface area contributed by atoms with Gasteiger partial charge in [-0.05, 0) is 24.6 Å². The van der Waals surface area contributed by atoms with Crippen molar-refractivity contribution >= 4 is 10.1 Å². The zero-order chi connectivity index (χ0) is 14.7. The van der Waals surface area contributed by atoms with E-state index < -0.39 is 33.4 Å². The maximum atomic E-state index is 13.0. The molecule has 0 saturated heterocycles. The van der Waals surface area contributed by atoms with Gasteiger partial charge in [-0.15, -0.1) is 0 Å². The molecule has 0 aliphatic heterocycles. The lowest BCUT2D eigenvalue weighted by atomic mass is 10.2. The minimum absolute atomic E-state index is 0.303. The van der Waals surface area contributed by atoms with Crippen LogP contribution < -0.4 is 4.18 Å². The van der Waals surface area contributed by atoms with Gasteiger partial charge in [-0.2, -0.15) is 21.6 Å². The Morgan fingerprint density at radius 2 is 1.89 bits per heavy atom. The first-order valence-corrected chi connectivity index (χ1v) is 7.02. The average Bonchev–Trinajstić information content (AvgIpc) is 2.27. The molecule has 0 aliphatic carbocycles. The summed E-state index contributed by atoms with van der Waals surface area (Å²) in [5, 5.41) is 0. The van der Waals surface area contributed by atoms with E-state index in [1.807, 2.05) is 0 Å². The molecule has 108 valence electrons. The Hall–Kier alpha value is -1.31. The second kappa shape index (κ2) is 5.77. The van der Waals surface area contributed by atoms with E-state index in [0.29, 0.717) is 25.0 Å². The molecule has 0 atom stereocenters. The molecule has 0 bridgehead atoms. The highest BCUT2D eigenvalue weighted by atomic mass is 32.2. The van der Waals surface area contributed by atoms with Crippen LogP contribution >= 0.6 is 0 Å². The smallest absolute Gasteiger partial charge is 0.382 e. The van der Waals surface area contributed by atoms with Crippen molar-refractivity contribution in [3.05, 3.63) is 29.6 Å². The zero-order valence-electron chi connectivity index (χ0n) is 10.00. The van der Waals surface area contributed by atoms with Crippen LogP contribution in [0.3, 0.4) is 0 Å². The molecule has 19 heavy (non-hydrogen) atoms. The number of rotatable bonds is 5. The normalized spacial score (nSPS) is 12.5. The molecule has 0 aromatic heterocycles. The molecular weight excluding hydrogens is 288 g/mol. The summed E-state index contributed by atoms with van der Waals surface area (Å²) in [6.07, 6.45) is -3.98. The minimum atomic E-state index is -4.91. The maximum Gasteiger partial charge on any atom is 0.419 e. The standard InChI is InChI=1S/C11H12F4O3S/c1-2-3-6-19(16,17)18-8-4-5-10(12)9(7-8)11(13,14)15/h4-5,7H,2-3,6H2,1H3. The van der Waals surface area contributed by atoms with Crippen LogP contribution in [-0.2, 0) is 16.3 Å². The second-order valence-corrected chi connectivity index (χ2v) is 5.53. The summed E-state index contributed by atoms with van der Waals surface area (Å²) in [4.78, 5) is 0. The molecule has 0 amide bonds. The fourth-order valence-electron chi connectivity index (χ4n) is 1.28. The summed E-state index contributed by atoms with van der Waals surface area (Å²) < 4.78 is 77.5. The molecule has 0 radical (unpaired) electrons. The Morgan fingerprint density at radius 1 is 1.26 bits per heavy atom. The van der Waals surface area contributed by atoms with Gasteiger partial charge >= 0.3 is 16.3 Å². The quantitative estimate of drug-likeness (QED) is 0.618. The average molecular weight is 300 g/mol. The lowest BCUT2D eigenvalue weighted by Gasteiger charge is -2.11. The first-order chi connectivity index (χ1) is 8.65. The van der Waals surface area contributed by atoms with Crippen molar-refractivity contribution in [3.8, 4) is 5.75 Å². The molecule has 3 nitrogen and oxygen atoms in total. The fourth-order valence-corrected chi connectivity index (χ4v) is 2.41. The van der Waals surface area contributed by atoms with Crippen molar-refractivity contribution in [2.75, 3.05) is 5.75 Å². The first-order valence-electron chi connectivity index (χ1n) is 5.44. The van der Waals surface area contributed by atoms with Gasteiger partial charge in [0, 0.05) is 0 Å². The van der Waals surface area contributed by atoms with Crippen molar-refractivity contribution < 1.29 is 30.2 Å². The van der Waals surface area contributed by atoms with Gasteiger partial charge in [-0.1, -0.05) is 13.3 Å². The topological polar surface area (TPSA) is 43.4 Å². The molecule has 8 heteroatoms. The van der Waals surface area contributed by atoms with Crippen molar-refractivity contribution in [2.24, 2.45) is 0 Å². The van der Waals surface area contributed by atoms with Crippen LogP contribution in [0.5, 0.6) is 5.75 Å². The van der Waals surface area contributed by atoms with Gasteiger partial charge in [0.05, 0.1) is 11.3 Å². The molecule has 1 aromatic carbocycles. The maximum absolute atomic E-state index is 13.0. The van der Waals surface area contributed by atoms with Crippen LogP contribution in [0.15, 0.2) is 18.2 Å². The molecule has 0 saturated carbocycles. The third kappa shape index (κ3) is 4.70. The Bertz CT molecular complexity index is 537. The number of unbranched alkanes of at least 4 members (excludes halogenated alkanes) is 1. The first kappa shape index (κ1) is 15.7. The molecule has 0 N–H and O–H groups in total. The molecule has 0 fully saturated rings. The van der Waals surface area contributed by atoms with Crippen molar-refractivity contribution in [1.29, 1.82) is 0 Å². The highest BCUT2D eigenvalue weighted by molar-refractivity contribution is 7.87. The Morgan fingerprint density at radius 3 is 2.42 bits per heavy atom. The van der Waals surface area contributed by atoms with E-state index in [1.54, 1.807) is 6.92 Å². The highest BCUT2D eigenvalue weighted by Gasteiger charge is 2.34. The second-order valence-electron chi connectivity index (χ2n) is 3.84. The Balaban J connectivity index is 2.98. The lowest BCUT2D eigenvalue weighted by molar-refractivity contribution is -0.140. The fraction of sp³-hybridized carbons (Fsp3) is 0.455. The van der Waals surface area contributed by atoms with E-state index in [4.69, 9.17) is 0 Å². The Kier molecular flexibility index (Phi) is 4.78. The van der Waals surface area contributed by atoms with Crippen LogP contribution in [0, 0.1) is 5.82 Å². The third-order valence-corrected chi connectivity index (χ3v) is 3.45. The summed E-state index contributed by atoms with van der Waals surface area (Å²) in [7, 11) is -3.96. The van der Waals surface area contributed by atoms with E-state index in [-0.39, 0.29) is 5.75 Å². The monoisotopic (exact) mass is 300 g/mol.